The molecule has 12 N–H and O–H groups in total. The number of rotatable bonds is 17. The summed E-state index contributed by atoms with van der Waals surface area (Å²) in [6.07, 6.45) is -0.137. The van der Waals surface area contributed by atoms with Crippen LogP contribution in [0.4, 0.5) is 0 Å². The third kappa shape index (κ3) is 10.5. The molecule has 1 aromatic heterocycles. The number of carboxylic acid groups (broad SMARTS) is 2. The first kappa shape index (κ1) is 36.9. The second kappa shape index (κ2) is 17.4. The number of aliphatic imine (C=N–C) groups is 1. The maximum atomic E-state index is 13.4. The number of amides is 4. The molecule has 0 fully saturated rings. The summed E-state index contributed by atoms with van der Waals surface area (Å²) in [6.45, 7) is -0.0835. The van der Waals surface area contributed by atoms with Crippen molar-refractivity contribution in [1.82, 2.24) is 31.6 Å². The number of nitrogens with two attached hydrogens (primary N) is 2. The van der Waals surface area contributed by atoms with Gasteiger partial charge < -0.3 is 47.9 Å². The highest BCUT2D eigenvalue weighted by molar-refractivity contribution is 5.95. The van der Waals surface area contributed by atoms with Crippen molar-refractivity contribution in [3.8, 4) is 0 Å². The lowest BCUT2D eigenvalue weighted by molar-refractivity contribution is -0.143. The van der Waals surface area contributed by atoms with Crippen molar-refractivity contribution in [2.24, 2.45) is 16.5 Å². The zero-order valence-corrected chi connectivity index (χ0v) is 27.1. The number of aliphatic carboxylic acids is 2. The fraction of sp³-hybridized carbons (Fsp3) is 0.364. The van der Waals surface area contributed by atoms with Crippen molar-refractivity contribution in [2.75, 3.05) is 13.1 Å². The van der Waals surface area contributed by atoms with Gasteiger partial charge in [-0.1, -0.05) is 48.5 Å². The molecule has 1 aliphatic heterocycles. The van der Waals surface area contributed by atoms with Gasteiger partial charge in [-0.2, -0.15) is 0 Å². The lowest BCUT2D eigenvalue weighted by Gasteiger charge is -2.26. The van der Waals surface area contributed by atoms with Crippen LogP contribution in [-0.2, 0) is 48.2 Å². The van der Waals surface area contributed by atoms with Gasteiger partial charge in [0.15, 0.2) is 5.96 Å². The second-order valence-electron chi connectivity index (χ2n) is 11.8. The molecule has 266 valence electrons. The lowest BCUT2D eigenvalue weighted by Crippen LogP contribution is -2.56. The van der Waals surface area contributed by atoms with Crippen LogP contribution in [-0.4, -0.2) is 94.0 Å². The topological polar surface area (TPSA) is 283 Å². The van der Waals surface area contributed by atoms with Gasteiger partial charge in [-0.3, -0.25) is 34.3 Å². The molecule has 17 nitrogen and oxygen atoms in total. The summed E-state index contributed by atoms with van der Waals surface area (Å²) >= 11 is 0. The number of carbonyl (C=O) groups excluding carboxylic acids is 4. The molecule has 0 aliphatic carbocycles. The van der Waals surface area contributed by atoms with Crippen LogP contribution >= 0.6 is 0 Å². The highest BCUT2D eigenvalue weighted by Crippen LogP contribution is 2.26. The van der Waals surface area contributed by atoms with Crippen molar-refractivity contribution in [1.29, 1.82) is 0 Å². The average molecular weight is 692 g/mol. The first-order valence-corrected chi connectivity index (χ1v) is 15.9. The van der Waals surface area contributed by atoms with Gasteiger partial charge >= 0.3 is 11.9 Å². The van der Waals surface area contributed by atoms with Crippen molar-refractivity contribution < 1.29 is 39.0 Å². The van der Waals surface area contributed by atoms with E-state index in [4.69, 9.17) is 11.5 Å². The number of nitrogens with one attached hydrogen (secondary N) is 6. The largest absolute Gasteiger partial charge is 0.481 e. The monoisotopic (exact) mass is 691 g/mol. The smallest absolute Gasteiger partial charge is 0.326 e. The van der Waals surface area contributed by atoms with Gasteiger partial charge in [0.25, 0.3) is 0 Å². The minimum absolute atomic E-state index is 0.0820. The Balaban J connectivity index is 1.37. The van der Waals surface area contributed by atoms with Gasteiger partial charge in [-0.05, 0) is 36.5 Å². The van der Waals surface area contributed by atoms with E-state index in [0.29, 0.717) is 24.9 Å². The number of H-pyrrole nitrogens is 1. The van der Waals surface area contributed by atoms with E-state index in [0.717, 1.165) is 22.2 Å². The van der Waals surface area contributed by atoms with E-state index < -0.39 is 72.7 Å². The molecule has 0 bridgehead atoms. The van der Waals surface area contributed by atoms with Gasteiger partial charge in [0.1, 0.15) is 18.1 Å². The number of carbonyl (C=O) groups is 6. The van der Waals surface area contributed by atoms with Crippen molar-refractivity contribution in [3.05, 3.63) is 71.4 Å². The van der Waals surface area contributed by atoms with Gasteiger partial charge in [0.2, 0.25) is 23.6 Å². The van der Waals surface area contributed by atoms with Crippen LogP contribution in [0.1, 0.15) is 36.1 Å². The Bertz CT molecular complexity index is 1740. The second-order valence-corrected chi connectivity index (χ2v) is 11.8. The van der Waals surface area contributed by atoms with E-state index in [-0.39, 0.29) is 25.3 Å². The van der Waals surface area contributed by atoms with Crippen LogP contribution in [0.25, 0.3) is 10.9 Å². The quantitative estimate of drug-likeness (QED) is 0.0447. The van der Waals surface area contributed by atoms with Crippen molar-refractivity contribution in [3.63, 3.8) is 0 Å². The van der Waals surface area contributed by atoms with E-state index in [9.17, 15) is 39.0 Å². The van der Waals surface area contributed by atoms with Gasteiger partial charge in [0.05, 0.1) is 19.0 Å². The van der Waals surface area contributed by atoms with Gasteiger partial charge in [0, 0.05) is 36.1 Å². The van der Waals surface area contributed by atoms with Crippen LogP contribution in [0, 0.1) is 0 Å². The normalized spacial score (nSPS) is 15.4. The number of benzene rings is 2. The van der Waals surface area contributed by atoms with Crippen LogP contribution in [0.5, 0.6) is 0 Å². The highest BCUT2D eigenvalue weighted by atomic mass is 16.4. The first-order valence-electron chi connectivity index (χ1n) is 15.9. The lowest BCUT2D eigenvalue weighted by atomic mass is 9.97. The number of aromatic nitrogens is 1. The third-order valence-electron chi connectivity index (χ3n) is 8.08. The Morgan fingerprint density at radius 2 is 1.60 bits per heavy atom. The fourth-order valence-electron chi connectivity index (χ4n) is 5.61. The minimum Gasteiger partial charge on any atom is -0.481 e. The van der Waals surface area contributed by atoms with E-state index in [1.54, 1.807) is 30.3 Å². The third-order valence-corrected chi connectivity index (χ3v) is 8.08. The summed E-state index contributed by atoms with van der Waals surface area (Å²) in [5.74, 6) is -6.01. The Morgan fingerprint density at radius 1 is 0.880 bits per heavy atom. The van der Waals surface area contributed by atoms with Gasteiger partial charge in [-0.25, -0.2) is 4.79 Å². The number of carboxylic acids is 2. The molecular weight excluding hydrogens is 650 g/mol. The summed E-state index contributed by atoms with van der Waals surface area (Å²) in [5, 5.41) is 32.8. The number of hydrogen-bond acceptors (Lipinski definition) is 8. The average Bonchev–Trinajstić information content (AvgIpc) is 3.46. The minimum atomic E-state index is -1.64. The molecule has 4 atom stereocenters. The van der Waals surface area contributed by atoms with E-state index in [1.165, 1.54) is 0 Å². The highest BCUT2D eigenvalue weighted by Gasteiger charge is 2.31. The number of hydrogen-bond donors (Lipinski definition) is 10. The molecule has 0 radical (unpaired) electrons. The molecule has 4 rings (SSSR count). The Labute approximate surface area is 286 Å². The molecule has 0 spiro atoms. The van der Waals surface area contributed by atoms with E-state index in [2.05, 4.69) is 36.6 Å². The van der Waals surface area contributed by atoms with Crippen molar-refractivity contribution in [2.45, 2.75) is 62.8 Å². The predicted octanol–water partition coefficient (Wildman–Crippen LogP) is -1.39. The number of guanidine groups is 1. The maximum Gasteiger partial charge on any atom is 0.326 e. The molecule has 2 heterocycles. The fourth-order valence-corrected chi connectivity index (χ4v) is 5.61. The van der Waals surface area contributed by atoms with E-state index in [1.807, 2.05) is 24.3 Å². The zero-order valence-electron chi connectivity index (χ0n) is 27.1. The maximum absolute atomic E-state index is 13.4. The first-order chi connectivity index (χ1) is 23.9. The molecule has 3 aromatic rings. The molecule has 1 aliphatic rings. The van der Waals surface area contributed by atoms with Crippen LogP contribution in [0.3, 0.4) is 0 Å². The summed E-state index contributed by atoms with van der Waals surface area (Å²) < 4.78 is 0. The summed E-state index contributed by atoms with van der Waals surface area (Å²) in [7, 11) is 0. The Kier molecular flexibility index (Phi) is 12.9. The number of nitrogens with zero attached hydrogens (tertiary/aromatic N) is 1. The van der Waals surface area contributed by atoms with E-state index >= 15 is 0 Å². The number of aromatic amines is 1. The molecule has 17 heteroatoms. The standard InChI is InChI=1S/C33H41N9O8/c34-33(35)36-12-6-11-22(41-30(47)23-14-20-19-9-4-5-10-21(19)39-26(20)16-37-23)29(46)38-17-27(43)40-24(15-28(44)45)31(48)42-25(32(49)50)13-18-7-2-1-3-8-18/h1-5,7-10,22-25,37,39H,6,11-17H2,(H,38,46)(H,40,43)(H,41,47)(H,42,48)(H,44,45)(H,49,50)(H4,34,35,36)/t22-,23-,24-,25-/m0/s1. The molecule has 2 aromatic carbocycles. The van der Waals surface area contributed by atoms with Gasteiger partial charge in [-0.15, -0.1) is 0 Å². The molecule has 50 heavy (non-hydrogen) atoms. The molecule has 4 amide bonds. The van der Waals surface area contributed by atoms with Crippen LogP contribution in [0.15, 0.2) is 59.6 Å². The molecule has 0 saturated heterocycles. The van der Waals surface area contributed by atoms with Crippen molar-refractivity contribution >= 4 is 52.4 Å². The zero-order chi connectivity index (χ0) is 36.2. The summed E-state index contributed by atoms with van der Waals surface area (Å²) in [4.78, 5) is 83.0. The Hall–Kier alpha value is -5.97. The summed E-state index contributed by atoms with van der Waals surface area (Å²) in [5.41, 5.74) is 14.3. The van der Waals surface area contributed by atoms with Crippen LogP contribution < -0.4 is 38.1 Å². The number of para-hydroxylation sites is 1. The predicted molar refractivity (Wildman–Crippen MR) is 181 cm³/mol. The van der Waals surface area contributed by atoms with Crippen LogP contribution in [0.2, 0.25) is 0 Å². The SMILES string of the molecule is NC(N)=NCCC[C@H](NC(=O)[C@@H]1Cc2c([nH]c3ccccc23)CN1)C(=O)NCC(=O)N[C@@H](CC(=O)O)C(=O)N[C@@H](Cc1ccccc1)C(=O)O. The molecular formula is C33H41N9O8. The Morgan fingerprint density at radius 3 is 2.30 bits per heavy atom. The molecule has 0 saturated carbocycles. The number of fused-ring (bicyclic) bond motifs is 3. The summed E-state index contributed by atoms with van der Waals surface area (Å²) in [6, 6.07) is 11.4. The molecule has 0 unspecified atom stereocenters.